The number of unbranched alkanes of at least 4 members (excludes halogenated alkanes) is 17. The van der Waals surface area contributed by atoms with Crippen LogP contribution < -0.4 is 5.32 Å². The fourth-order valence-electron chi connectivity index (χ4n) is 10.5. The van der Waals surface area contributed by atoms with Crippen molar-refractivity contribution in [2.75, 3.05) is 19.8 Å². The van der Waals surface area contributed by atoms with E-state index in [0.29, 0.717) is 12.8 Å². The number of nitrogens with one attached hydrogen (secondary N) is 1. The molecule has 1 amide bonds. The molecule has 14 heteroatoms. The SMILES string of the molecule is CC/C=C\C/C=C\C/C=C\C/C=C\C/C=C\C/C=C\C/C=C\C/C=C\C/C=C\C/C=C\C/C=C\C/C=C\CCCCCCC(=O)NC(COC1OC(CO)C(OC2OC(CO)C(O)C(O)C2O)C(O)C1O)C(O)/C=C/CC/C=C/CCCCCCCCCCCCCC. The highest BCUT2D eigenvalue weighted by atomic mass is 16.7. The largest absolute Gasteiger partial charge is 0.394 e. The van der Waals surface area contributed by atoms with Crippen LogP contribution in [0.15, 0.2) is 170 Å². The summed E-state index contributed by atoms with van der Waals surface area (Å²) in [5.41, 5.74) is 0. The van der Waals surface area contributed by atoms with Crippen molar-refractivity contribution < 1.29 is 64.6 Å². The molecule has 0 aromatic rings. The van der Waals surface area contributed by atoms with Gasteiger partial charge in [-0.05, 0) is 122 Å². The van der Waals surface area contributed by atoms with Crippen molar-refractivity contribution in [3.63, 3.8) is 0 Å². The maximum atomic E-state index is 13.3. The van der Waals surface area contributed by atoms with E-state index in [1.165, 1.54) is 77.0 Å². The highest BCUT2D eigenvalue weighted by Crippen LogP contribution is 2.30. The number of amides is 1. The van der Waals surface area contributed by atoms with Crippen molar-refractivity contribution in [1.29, 1.82) is 0 Å². The van der Waals surface area contributed by atoms with Gasteiger partial charge in [0.1, 0.15) is 48.8 Å². The number of allylic oxidation sites excluding steroid dienone is 27. The van der Waals surface area contributed by atoms with E-state index in [-0.39, 0.29) is 18.9 Å². The molecule has 2 aliphatic heterocycles. The average Bonchev–Trinajstić information content (AvgIpc) is 0.958. The maximum Gasteiger partial charge on any atom is 0.220 e. The standard InChI is InChI=1S/C79H127NO13/c1-3-5-7-9-11-13-15-17-19-21-23-24-25-26-27-28-29-30-31-32-33-34-35-36-37-38-39-40-41-42-43-44-45-47-49-51-53-55-57-59-61-63-71(84)80-67(68(83)62-60-58-56-54-52-50-48-46-22-20-18-16-14-12-10-8-6-4-2)66-90-78-76(89)74(87)77(70(65-82)92-78)93-79-75(88)73(86)72(85)69(64-81)91-79/h5,7,11,13,17,19,23-24,26-27,29-30,32-33,35-36,38-39,41-42,44-45,49,51-52,54,60,62,67-70,72-79,81-83,85-89H,3-4,6,8-10,12,14-16,18,20-22,25,28,31,34,37,40,43,46-48,50,53,55-59,61,63-66H2,1-2H3,(H,80,84)/b7-5-,13-11-,19-17-,24-23-,27-26-,30-29-,33-32-,36-35-,39-38-,42-41-,45-44-,51-49-,54-52+,62-60+. The third-order valence-electron chi connectivity index (χ3n) is 16.1. The summed E-state index contributed by atoms with van der Waals surface area (Å²) >= 11 is 0. The van der Waals surface area contributed by atoms with Crippen LogP contribution >= 0.6 is 0 Å². The molecule has 2 saturated heterocycles. The fraction of sp³-hybridized carbons (Fsp3) is 0.633. The van der Waals surface area contributed by atoms with Crippen LogP contribution in [0.5, 0.6) is 0 Å². The first-order valence-electron chi connectivity index (χ1n) is 35.9. The number of hydrogen-bond donors (Lipinski definition) is 9. The van der Waals surface area contributed by atoms with Crippen LogP contribution in [0.1, 0.15) is 226 Å². The van der Waals surface area contributed by atoms with Crippen LogP contribution in [0, 0.1) is 0 Å². The predicted octanol–water partition coefficient (Wildman–Crippen LogP) is 15.2. The Kier molecular flexibility index (Phi) is 55.4. The number of rotatable bonds is 56. The van der Waals surface area contributed by atoms with Gasteiger partial charge >= 0.3 is 0 Å². The fourth-order valence-corrected chi connectivity index (χ4v) is 10.5. The molecule has 0 saturated carbocycles. The molecule has 0 aliphatic carbocycles. The Hall–Kier alpha value is -4.65. The highest BCUT2D eigenvalue weighted by Gasteiger charge is 2.51. The monoisotopic (exact) mass is 1300 g/mol. The van der Waals surface area contributed by atoms with Gasteiger partial charge in [0.15, 0.2) is 12.6 Å². The molecular weight excluding hydrogens is 1170 g/mol. The van der Waals surface area contributed by atoms with E-state index >= 15 is 0 Å². The van der Waals surface area contributed by atoms with Crippen LogP contribution in [-0.4, -0.2) is 140 Å². The molecule has 93 heavy (non-hydrogen) atoms. The molecule has 2 aliphatic rings. The summed E-state index contributed by atoms with van der Waals surface area (Å²) in [6.45, 7) is 2.64. The van der Waals surface area contributed by atoms with Crippen molar-refractivity contribution in [2.45, 2.75) is 299 Å². The minimum Gasteiger partial charge on any atom is -0.394 e. The van der Waals surface area contributed by atoms with E-state index in [1.54, 1.807) is 6.08 Å². The van der Waals surface area contributed by atoms with E-state index in [4.69, 9.17) is 18.9 Å². The Bertz CT molecular complexity index is 2220. The van der Waals surface area contributed by atoms with Crippen LogP contribution in [0.4, 0.5) is 0 Å². The molecule has 0 spiro atoms. The second-order valence-corrected chi connectivity index (χ2v) is 24.3. The molecule has 2 rings (SSSR count). The first-order valence-corrected chi connectivity index (χ1v) is 35.9. The zero-order chi connectivity index (χ0) is 67.3. The number of aliphatic hydroxyl groups excluding tert-OH is 8. The summed E-state index contributed by atoms with van der Waals surface area (Å²) in [7, 11) is 0. The molecule has 12 unspecified atom stereocenters. The minimum absolute atomic E-state index is 0.232. The van der Waals surface area contributed by atoms with Crippen molar-refractivity contribution in [1.82, 2.24) is 5.32 Å². The molecular formula is C79H127NO13. The zero-order valence-corrected chi connectivity index (χ0v) is 57.2. The summed E-state index contributed by atoms with van der Waals surface area (Å²) in [5.74, 6) is -0.280. The zero-order valence-electron chi connectivity index (χ0n) is 57.2. The first-order chi connectivity index (χ1) is 45.6. The van der Waals surface area contributed by atoms with Crippen LogP contribution in [0.2, 0.25) is 0 Å². The third-order valence-corrected chi connectivity index (χ3v) is 16.1. The number of hydrogen-bond acceptors (Lipinski definition) is 13. The maximum absolute atomic E-state index is 13.3. The first kappa shape index (κ1) is 84.4. The summed E-state index contributed by atoms with van der Waals surface area (Å²) in [6, 6.07) is -0.959. The third kappa shape index (κ3) is 44.7. The van der Waals surface area contributed by atoms with Gasteiger partial charge in [0.2, 0.25) is 5.91 Å². The van der Waals surface area contributed by atoms with Gasteiger partial charge in [-0.1, -0.05) is 267 Å². The Morgan fingerprint density at radius 3 is 1.18 bits per heavy atom. The van der Waals surface area contributed by atoms with Crippen molar-refractivity contribution >= 4 is 5.91 Å². The molecule has 9 N–H and O–H groups in total. The predicted molar refractivity (Wildman–Crippen MR) is 382 cm³/mol. The lowest BCUT2D eigenvalue weighted by Crippen LogP contribution is -2.65. The number of ether oxygens (including phenoxy) is 4. The number of aliphatic hydroxyl groups is 8. The summed E-state index contributed by atoms with van der Waals surface area (Å²) in [6.07, 6.45) is 78.3. The molecule has 0 bridgehead atoms. The summed E-state index contributed by atoms with van der Waals surface area (Å²) in [4.78, 5) is 13.3. The van der Waals surface area contributed by atoms with E-state index in [0.717, 1.165) is 116 Å². The second kappa shape index (κ2) is 61.0. The lowest BCUT2D eigenvalue weighted by atomic mass is 9.97. The van der Waals surface area contributed by atoms with Gasteiger partial charge in [0, 0.05) is 6.42 Å². The van der Waals surface area contributed by atoms with Gasteiger partial charge in [-0.15, -0.1) is 0 Å². The van der Waals surface area contributed by atoms with Crippen molar-refractivity contribution in [3.05, 3.63) is 170 Å². The van der Waals surface area contributed by atoms with Crippen LogP contribution in [0.25, 0.3) is 0 Å². The van der Waals surface area contributed by atoms with E-state index in [2.05, 4.69) is 177 Å². The Morgan fingerprint density at radius 1 is 0.398 bits per heavy atom. The molecule has 12 atom stereocenters. The van der Waals surface area contributed by atoms with Gasteiger partial charge in [0.05, 0.1) is 32.0 Å². The van der Waals surface area contributed by atoms with E-state index < -0.39 is 86.8 Å². The second-order valence-electron chi connectivity index (χ2n) is 24.3. The molecule has 2 heterocycles. The molecule has 2 fully saturated rings. The van der Waals surface area contributed by atoms with Crippen molar-refractivity contribution in [3.8, 4) is 0 Å². The van der Waals surface area contributed by atoms with Crippen LogP contribution in [-0.2, 0) is 23.7 Å². The Balaban J connectivity index is 1.67. The summed E-state index contributed by atoms with van der Waals surface area (Å²) < 4.78 is 22.8. The van der Waals surface area contributed by atoms with Crippen LogP contribution in [0.3, 0.4) is 0 Å². The molecule has 0 aromatic heterocycles. The molecule has 0 radical (unpaired) electrons. The Morgan fingerprint density at radius 2 is 0.753 bits per heavy atom. The van der Waals surface area contributed by atoms with Gasteiger partial charge in [-0.25, -0.2) is 0 Å². The van der Waals surface area contributed by atoms with Crippen molar-refractivity contribution in [2.24, 2.45) is 0 Å². The summed E-state index contributed by atoms with van der Waals surface area (Å²) in [5, 5.41) is 87.3. The van der Waals surface area contributed by atoms with Gasteiger partial charge in [-0.3, -0.25) is 4.79 Å². The minimum atomic E-state index is -1.80. The highest BCUT2D eigenvalue weighted by molar-refractivity contribution is 5.76. The van der Waals surface area contributed by atoms with Gasteiger partial charge in [0.25, 0.3) is 0 Å². The van der Waals surface area contributed by atoms with E-state index in [9.17, 15) is 45.6 Å². The number of carbonyl (C=O) groups excluding carboxylic acids is 1. The molecule has 526 valence electrons. The Labute approximate surface area is 562 Å². The molecule has 0 aromatic carbocycles. The van der Waals surface area contributed by atoms with E-state index in [1.807, 2.05) is 6.08 Å². The topological polar surface area (TPSA) is 228 Å². The van der Waals surface area contributed by atoms with Gasteiger partial charge in [-0.2, -0.15) is 0 Å². The smallest absolute Gasteiger partial charge is 0.220 e. The van der Waals surface area contributed by atoms with Gasteiger partial charge < -0.3 is 65.1 Å². The lowest BCUT2D eigenvalue weighted by Gasteiger charge is -2.46. The molecule has 14 nitrogen and oxygen atoms in total. The lowest BCUT2D eigenvalue weighted by molar-refractivity contribution is -0.359. The number of carbonyl (C=O) groups is 1. The normalized spacial score (nSPS) is 23.6. The average molecular weight is 1300 g/mol. The quantitative estimate of drug-likeness (QED) is 0.0204.